The Morgan fingerprint density at radius 3 is 2.47 bits per heavy atom. The van der Waals surface area contributed by atoms with Gasteiger partial charge in [-0.1, -0.05) is 53.1 Å². The lowest BCUT2D eigenvalue weighted by Gasteiger charge is -2.30. The van der Waals surface area contributed by atoms with Crippen molar-refractivity contribution in [3.8, 4) is 0 Å². The highest BCUT2D eigenvalue weighted by Crippen LogP contribution is 2.29. The molecule has 1 heterocycles. The van der Waals surface area contributed by atoms with E-state index in [1.807, 2.05) is 37.3 Å². The van der Waals surface area contributed by atoms with E-state index in [1.165, 1.54) is 17.2 Å². The first-order chi connectivity index (χ1) is 14.2. The van der Waals surface area contributed by atoms with E-state index in [9.17, 15) is 13.2 Å². The number of carbonyl (C=O) groups is 1. The van der Waals surface area contributed by atoms with Crippen LogP contribution in [0.3, 0.4) is 0 Å². The standard InChI is InChI=1S/C21H25NO7S/c1-16-9-11-19(12-10-16)30(24,25)28-15-18-14-27-21(2,3)22(18)29-20(23)26-13-17-7-5-4-6-8-17/h4-12,18H,13-15H2,1-3H3. The first kappa shape index (κ1) is 22.2. The van der Waals surface area contributed by atoms with Crippen molar-refractivity contribution in [2.45, 2.75) is 44.0 Å². The molecule has 0 radical (unpaired) electrons. The summed E-state index contributed by atoms with van der Waals surface area (Å²) < 4.78 is 40.8. The molecule has 9 heteroatoms. The Balaban J connectivity index is 1.60. The van der Waals surface area contributed by atoms with Crippen molar-refractivity contribution in [3.05, 3.63) is 65.7 Å². The third-order valence-electron chi connectivity index (χ3n) is 4.59. The average Bonchev–Trinajstić information content (AvgIpc) is 3.00. The van der Waals surface area contributed by atoms with E-state index < -0.39 is 28.0 Å². The van der Waals surface area contributed by atoms with Crippen molar-refractivity contribution in [2.75, 3.05) is 13.2 Å². The average molecular weight is 435 g/mol. The van der Waals surface area contributed by atoms with Gasteiger partial charge in [0.1, 0.15) is 12.3 Å². The van der Waals surface area contributed by atoms with Crippen LogP contribution in [0.1, 0.15) is 25.0 Å². The molecule has 0 spiro atoms. The van der Waals surface area contributed by atoms with E-state index in [0.717, 1.165) is 11.1 Å². The van der Waals surface area contributed by atoms with Crippen LogP contribution >= 0.6 is 0 Å². The predicted molar refractivity (Wildman–Crippen MR) is 108 cm³/mol. The molecule has 1 atom stereocenters. The van der Waals surface area contributed by atoms with Crippen LogP contribution in [0.2, 0.25) is 0 Å². The second-order valence-electron chi connectivity index (χ2n) is 7.40. The topological polar surface area (TPSA) is 91.4 Å². The second kappa shape index (κ2) is 9.13. The van der Waals surface area contributed by atoms with E-state index >= 15 is 0 Å². The molecule has 1 unspecified atom stereocenters. The molecule has 1 fully saturated rings. The van der Waals surface area contributed by atoms with Crippen molar-refractivity contribution in [1.82, 2.24) is 5.06 Å². The molecule has 2 aromatic carbocycles. The van der Waals surface area contributed by atoms with Gasteiger partial charge in [-0.3, -0.25) is 4.18 Å². The summed E-state index contributed by atoms with van der Waals surface area (Å²) in [7, 11) is -3.95. The van der Waals surface area contributed by atoms with E-state index in [1.54, 1.807) is 26.0 Å². The van der Waals surface area contributed by atoms with E-state index in [2.05, 4.69) is 0 Å². The monoisotopic (exact) mass is 435 g/mol. The highest BCUT2D eigenvalue weighted by atomic mass is 32.2. The lowest BCUT2D eigenvalue weighted by Crippen LogP contribution is -2.47. The van der Waals surface area contributed by atoms with Crippen molar-refractivity contribution in [2.24, 2.45) is 0 Å². The summed E-state index contributed by atoms with van der Waals surface area (Å²) in [6.07, 6.45) is -0.913. The van der Waals surface area contributed by atoms with Gasteiger partial charge < -0.3 is 14.3 Å². The minimum atomic E-state index is -3.95. The highest BCUT2D eigenvalue weighted by Gasteiger charge is 2.45. The van der Waals surface area contributed by atoms with E-state index in [-0.39, 0.29) is 24.7 Å². The quantitative estimate of drug-likeness (QED) is 0.483. The molecule has 0 amide bonds. The molecular formula is C21H25NO7S. The van der Waals surface area contributed by atoms with Gasteiger partial charge in [0.05, 0.1) is 24.2 Å². The zero-order chi connectivity index (χ0) is 21.8. The van der Waals surface area contributed by atoms with Gasteiger partial charge in [-0.2, -0.15) is 8.42 Å². The molecule has 0 bridgehead atoms. The molecule has 30 heavy (non-hydrogen) atoms. The largest absolute Gasteiger partial charge is 0.528 e. The van der Waals surface area contributed by atoms with Gasteiger partial charge in [-0.15, -0.1) is 0 Å². The molecule has 0 N–H and O–H groups in total. The number of hydrogen-bond acceptors (Lipinski definition) is 8. The number of carbonyl (C=O) groups excluding carboxylic acids is 1. The van der Waals surface area contributed by atoms with Crippen LogP contribution in [0.4, 0.5) is 4.79 Å². The van der Waals surface area contributed by atoms with Gasteiger partial charge >= 0.3 is 6.16 Å². The Kier molecular flexibility index (Phi) is 6.77. The first-order valence-electron chi connectivity index (χ1n) is 9.45. The summed E-state index contributed by atoms with van der Waals surface area (Å²) in [6.45, 7) is 5.20. The van der Waals surface area contributed by atoms with Crippen LogP contribution in [0.15, 0.2) is 59.5 Å². The first-order valence-corrected chi connectivity index (χ1v) is 10.9. The maximum absolute atomic E-state index is 12.4. The summed E-state index contributed by atoms with van der Waals surface area (Å²) in [6, 6.07) is 14.9. The van der Waals surface area contributed by atoms with Crippen LogP contribution in [-0.4, -0.2) is 44.6 Å². The number of aryl methyl sites for hydroxylation is 1. The van der Waals surface area contributed by atoms with Crippen LogP contribution in [0, 0.1) is 6.92 Å². The minimum Gasteiger partial charge on any atom is -0.428 e. The lowest BCUT2D eigenvalue weighted by molar-refractivity contribution is -0.232. The SMILES string of the molecule is Cc1ccc(S(=O)(=O)OCC2COC(C)(C)N2OC(=O)OCc2ccccc2)cc1. The maximum atomic E-state index is 12.4. The Labute approximate surface area is 176 Å². The number of hydroxylamine groups is 2. The molecule has 0 saturated carbocycles. The van der Waals surface area contributed by atoms with Gasteiger partial charge in [0.2, 0.25) is 0 Å². The fourth-order valence-corrected chi connectivity index (χ4v) is 3.88. The third-order valence-corrected chi connectivity index (χ3v) is 5.88. The van der Waals surface area contributed by atoms with Crippen molar-refractivity contribution in [3.63, 3.8) is 0 Å². The number of ether oxygens (including phenoxy) is 2. The summed E-state index contributed by atoms with van der Waals surface area (Å²) in [4.78, 5) is 17.5. The molecular weight excluding hydrogens is 410 g/mol. The molecule has 1 aliphatic heterocycles. The predicted octanol–water partition coefficient (Wildman–Crippen LogP) is 3.41. The summed E-state index contributed by atoms with van der Waals surface area (Å²) in [5.41, 5.74) is 0.789. The molecule has 0 aliphatic carbocycles. The number of nitrogens with zero attached hydrogens (tertiary/aromatic N) is 1. The highest BCUT2D eigenvalue weighted by molar-refractivity contribution is 7.86. The molecule has 1 aliphatic rings. The number of rotatable bonds is 7. The zero-order valence-electron chi connectivity index (χ0n) is 17.1. The minimum absolute atomic E-state index is 0.0533. The third kappa shape index (κ3) is 5.57. The lowest BCUT2D eigenvalue weighted by atomic mass is 10.2. The van der Waals surface area contributed by atoms with Crippen LogP contribution < -0.4 is 0 Å². The van der Waals surface area contributed by atoms with Crippen LogP contribution in [0.5, 0.6) is 0 Å². The van der Waals surface area contributed by atoms with Gasteiger partial charge in [0, 0.05) is 0 Å². The van der Waals surface area contributed by atoms with Gasteiger partial charge in [0.25, 0.3) is 10.1 Å². The zero-order valence-corrected chi connectivity index (χ0v) is 17.9. The molecule has 1 saturated heterocycles. The Bertz CT molecular complexity index is 959. The van der Waals surface area contributed by atoms with Crippen molar-refractivity contribution >= 4 is 16.3 Å². The van der Waals surface area contributed by atoms with Crippen molar-refractivity contribution < 1.29 is 31.7 Å². The maximum Gasteiger partial charge on any atom is 0.528 e. The fraction of sp³-hybridized carbons (Fsp3) is 0.381. The number of benzene rings is 2. The second-order valence-corrected chi connectivity index (χ2v) is 9.02. The number of hydrogen-bond donors (Lipinski definition) is 0. The molecule has 0 aromatic heterocycles. The smallest absolute Gasteiger partial charge is 0.428 e. The van der Waals surface area contributed by atoms with E-state index in [0.29, 0.717) is 0 Å². The summed E-state index contributed by atoms with van der Waals surface area (Å²) >= 11 is 0. The van der Waals surface area contributed by atoms with Crippen LogP contribution in [-0.2, 0) is 35.2 Å². The van der Waals surface area contributed by atoms with Gasteiger partial charge in [-0.05, 0) is 38.5 Å². The Morgan fingerprint density at radius 1 is 1.13 bits per heavy atom. The summed E-state index contributed by atoms with van der Waals surface area (Å²) in [5, 5.41) is 1.27. The Hall–Kier alpha value is -2.46. The van der Waals surface area contributed by atoms with E-state index in [4.69, 9.17) is 18.5 Å². The van der Waals surface area contributed by atoms with Gasteiger partial charge in [0.15, 0.2) is 0 Å². The Morgan fingerprint density at radius 2 is 1.80 bits per heavy atom. The molecule has 2 aromatic rings. The van der Waals surface area contributed by atoms with Crippen molar-refractivity contribution in [1.29, 1.82) is 0 Å². The molecule has 8 nitrogen and oxygen atoms in total. The summed E-state index contributed by atoms with van der Waals surface area (Å²) in [5.74, 6) is 0. The normalized spacial score (nSPS) is 18.8. The van der Waals surface area contributed by atoms with Crippen LogP contribution in [0.25, 0.3) is 0 Å². The molecule has 162 valence electrons. The van der Waals surface area contributed by atoms with Gasteiger partial charge in [-0.25, -0.2) is 4.79 Å². The fourth-order valence-electron chi connectivity index (χ4n) is 2.94. The molecule has 3 rings (SSSR count).